The van der Waals surface area contributed by atoms with E-state index in [-0.39, 0.29) is 11.6 Å². The summed E-state index contributed by atoms with van der Waals surface area (Å²) in [5.74, 6) is 0. The topological polar surface area (TPSA) is 26.0 Å². The molecule has 6 heteroatoms. The summed E-state index contributed by atoms with van der Waals surface area (Å²) in [4.78, 5) is 0. The molecule has 0 unspecified atom stereocenters. The van der Waals surface area contributed by atoms with Gasteiger partial charge in [0.1, 0.15) is 0 Å². The van der Waals surface area contributed by atoms with Gasteiger partial charge in [-0.25, -0.2) is 0 Å². The standard InChI is InChI=1S/C8H6Cl2F3N/c9-6-4(3-14)1-2-5(7(6)10)8(11,12)13/h1-2H,3,14H2. The number of nitrogens with two attached hydrogens (primary N) is 1. The molecule has 2 N–H and O–H groups in total. The summed E-state index contributed by atoms with van der Waals surface area (Å²) in [7, 11) is 0. The molecule has 0 amide bonds. The Bertz CT molecular complexity index is 349. The second kappa shape index (κ2) is 3.96. The summed E-state index contributed by atoms with van der Waals surface area (Å²) in [6, 6.07) is 2.09. The van der Waals surface area contributed by atoms with Crippen LogP contribution < -0.4 is 5.73 Å². The van der Waals surface area contributed by atoms with Crippen LogP contribution in [0, 0.1) is 0 Å². The molecule has 0 aliphatic carbocycles. The van der Waals surface area contributed by atoms with Crippen molar-refractivity contribution in [1.82, 2.24) is 0 Å². The third-order valence-electron chi connectivity index (χ3n) is 1.69. The van der Waals surface area contributed by atoms with Gasteiger partial charge < -0.3 is 5.73 Å². The van der Waals surface area contributed by atoms with Gasteiger partial charge in [0.2, 0.25) is 0 Å². The van der Waals surface area contributed by atoms with E-state index in [1.807, 2.05) is 0 Å². The third-order valence-corrected chi connectivity index (χ3v) is 2.61. The highest BCUT2D eigenvalue weighted by molar-refractivity contribution is 6.43. The Balaban J connectivity index is 3.31. The van der Waals surface area contributed by atoms with Crippen molar-refractivity contribution < 1.29 is 13.2 Å². The molecule has 0 heterocycles. The first-order valence-corrected chi connectivity index (χ1v) is 4.37. The summed E-state index contributed by atoms with van der Waals surface area (Å²) < 4.78 is 36.9. The Kier molecular flexibility index (Phi) is 3.29. The molecule has 0 aliphatic rings. The van der Waals surface area contributed by atoms with Crippen LogP contribution in [0.3, 0.4) is 0 Å². The van der Waals surface area contributed by atoms with Crippen LogP contribution in [0.5, 0.6) is 0 Å². The SMILES string of the molecule is NCc1ccc(C(F)(F)F)c(Cl)c1Cl. The van der Waals surface area contributed by atoms with Crippen molar-refractivity contribution in [3.63, 3.8) is 0 Å². The molecule has 0 saturated carbocycles. The average molecular weight is 244 g/mol. The van der Waals surface area contributed by atoms with Crippen LogP contribution in [0.15, 0.2) is 12.1 Å². The van der Waals surface area contributed by atoms with Crippen LogP contribution in [0.2, 0.25) is 10.0 Å². The molecule has 14 heavy (non-hydrogen) atoms. The first kappa shape index (κ1) is 11.6. The number of benzene rings is 1. The van der Waals surface area contributed by atoms with Gasteiger partial charge in [0.25, 0.3) is 0 Å². The highest BCUT2D eigenvalue weighted by Gasteiger charge is 2.34. The van der Waals surface area contributed by atoms with E-state index in [0.717, 1.165) is 6.07 Å². The molecule has 0 bridgehead atoms. The lowest BCUT2D eigenvalue weighted by Crippen LogP contribution is -2.07. The van der Waals surface area contributed by atoms with Crippen LogP contribution >= 0.6 is 23.2 Å². The van der Waals surface area contributed by atoms with Crippen LogP contribution in [-0.2, 0) is 12.7 Å². The first-order valence-electron chi connectivity index (χ1n) is 3.62. The second-order valence-electron chi connectivity index (χ2n) is 2.60. The van der Waals surface area contributed by atoms with Crippen LogP contribution in [0.25, 0.3) is 0 Å². The maximum Gasteiger partial charge on any atom is 0.417 e. The summed E-state index contributed by atoms with van der Waals surface area (Å²) >= 11 is 11.0. The zero-order valence-corrected chi connectivity index (χ0v) is 8.34. The van der Waals surface area contributed by atoms with Crippen molar-refractivity contribution in [2.45, 2.75) is 12.7 Å². The summed E-state index contributed by atoms with van der Waals surface area (Å²) in [5, 5.41) is -0.633. The van der Waals surface area contributed by atoms with Crippen molar-refractivity contribution in [2.24, 2.45) is 5.73 Å². The molecule has 0 saturated heterocycles. The fourth-order valence-electron chi connectivity index (χ4n) is 0.966. The molecule has 0 aromatic heterocycles. The predicted molar refractivity (Wildman–Crippen MR) is 49.4 cm³/mol. The molecular formula is C8H6Cl2F3N. The number of alkyl halides is 3. The Morgan fingerprint density at radius 2 is 1.71 bits per heavy atom. The largest absolute Gasteiger partial charge is 0.417 e. The van der Waals surface area contributed by atoms with E-state index >= 15 is 0 Å². The van der Waals surface area contributed by atoms with Crippen LogP contribution in [0.4, 0.5) is 13.2 Å². The van der Waals surface area contributed by atoms with Gasteiger partial charge in [-0.15, -0.1) is 0 Å². The van der Waals surface area contributed by atoms with Gasteiger partial charge in [0.15, 0.2) is 0 Å². The van der Waals surface area contributed by atoms with Crippen molar-refractivity contribution in [2.75, 3.05) is 0 Å². The third kappa shape index (κ3) is 2.13. The van der Waals surface area contributed by atoms with Gasteiger partial charge in [0, 0.05) is 6.54 Å². The first-order chi connectivity index (χ1) is 6.38. The highest BCUT2D eigenvalue weighted by Crippen LogP contribution is 2.39. The zero-order chi connectivity index (χ0) is 10.9. The maximum absolute atomic E-state index is 12.3. The van der Waals surface area contributed by atoms with Gasteiger partial charge in [-0.05, 0) is 11.6 Å². The van der Waals surface area contributed by atoms with Crippen molar-refractivity contribution in [3.8, 4) is 0 Å². The minimum atomic E-state index is -4.49. The monoisotopic (exact) mass is 243 g/mol. The molecule has 0 spiro atoms. The minimum absolute atomic E-state index is 0.0523. The fraction of sp³-hybridized carbons (Fsp3) is 0.250. The Labute approximate surface area is 88.6 Å². The fourth-order valence-corrected chi connectivity index (χ4v) is 1.50. The normalized spacial score (nSPS) is 11.9. The van der Waals surface area contributed by atoms with Gasteiger partial charge in [-0.3, -0.25) is 0 Å². The van der Waals surface area contributed by atoms with Crippen molar-refractivity contribution >= 4 is 23.2 Å². The molecule has 0 aliphatic heterocycles. The molecule has 1 nitrogen and oxygen atoms in total. The molecule has 0 radical (unpaired) electrons. The van der Waals surface area contributed by atoms with Crippen molar-refractivity contribution in [3.05, 3.63) is 33.3 Å². The summed E-state index contributed by atoms with van der Waals surface area (Å²) in [6.45, 7) is 0.0523. The number of halogens is 5. The van der Waals surface area contributed by atoms with E-state index in [4.69, 9.17) is 28.9 Å². The lowest BCUT2D eigenvalue weighted by atomic mass is 10.1. The molecular weight excluding hydrogens is 238 g/mol. The van der Waals surface area contributed by atoms with E-state index in [2.05, 4.69) is 0 Å². The second-order valence-corrected chi connectivity index (χ2v) is 3.36. The van der Waals surface area contributed by atoms with Crippen molar-refractivity contribution in [1.29, 1.82) is 0 Å². The van der Waals surface area contributed by atoms with E-state index < -0.39 is 16.8 Å². The molecule has 0 fully saturated rings. The quantitative estimate of drug-likeness (QED) is 0.804. The van der Waals surface area contributed by atoms with Crippen LogP contribution in [-0.4, -0.2) is 0 Å². The maximum atomic E-state index is 12.3. The lowest BCUT2D eigenvalue weighted by Gasteiger charge is -2.11. The van der Waals surface area contributed by atoms with Gasteiger partial charge in [-0.2, -0.15) is 13.2 Å². The van der Waals surface area contributed by atoms with E-state index in [1.165, 1.54) is 6.07 Å². The van der Waals surface area contributed by atoms with Gasteiger partial charge >= 0.3 is 6.18 Å². The number of hydrogen-bond acceptors (Lipinski definition) is 1. The number of hydrogen-bond donors (Lipinski definition) is 1. The summed E-state index contributed by atoms with van der Waals surface area (Å²) in [6.07, 6.45) is -4.49. The minimum Gasteiger partial charge on any atom is -0.326 e. The van der Waals surface area contributed by atoms with E-state index in [9.17, 15) is 13.2 Å². The smallest absolute Gasteiger partial charge is 0.326 e. The Morgan fingerprint density at radius 3 is 2.14 bits per heavy atom. The van der Waals surface area contributed by atoms with Gasteiger partial charge in [-0.1, -0.05) is 29.3 Å². The summed E-state index contributed by atoms with van der Waals surface area (Å²) in [5.41, 5.74) is 4.70. The lowest BCUT2D eigenvalue weighted by molar-refractivity contribution is -0.137. The average Bonchev–Trinajstić information content (AvgIpc) is 2.07. The molecule has 78 valence electrons. The highest BCUT2D eigenvalue weighted by atomic mass is 35.5. The number of rotatable bonds is 1. The zero-order valence-electron chi connectivity index (χ0n) is 6.83. The van der Waals surface area contributed by atoms with E-state index in [0.29, 0.717) is 5.56 Å². The molecule has 0 atom stereocenters. The predicted octanol–water partition coefficient (Wildman–Crippen LogP) is 3.47. The van der Waals surface area contributed by atoms with Crippen LogP contribution in [0.1, 0.15) is 11.1 Å². The molecule has 1 rings (SSSR count). The molecule has 1 aromatic rings. The Hall–Kier alpha value is -0.450. The van der Waals surface area contributed by atoms with Gasteiger partial charge in [0.05, 0.1) is 15.6 Å². The molecule has 1 aromatic carbocycles. The van der Waals surface area contributed by atoms with E-state index in [1.54, 1.807) is 0 Å². The Morgan fingerprint density at radius 1 is 1.14 bits per heavy atom.